The first-order valence-corrected chi connectivity index (χ1v) is 7.71. The predicted molar refractivity (Wildman–Crippen MR) is 90.9 cm³/mol. The number of ether oxygens (including phenoxy) is 2. The number of methoxy groups -OCH3 is 1. The Balaban J connectivity index is 2.03. The number of rotatable bonds is 8. The number of nitrogens with zero attached hydrogens (tertiary/aromatic N) is 1. The fourth-order valence-electron chi connectivity index (χ4n) is 2.21. The van der Waals surface area contributed by atoms with Gasteiger partial charge in [0.1, 0.15) is 18.1 Å². The molecule has 1 heterocycles. The second-order valence-electron chi connectivity index (χ2n) is 5.27. The number of pyridine rings is 1. The molecule has 132 valence electrons. The molecule has 7 nitrogen and oxygen atoms in total. The number of benzene rings is 1. The van der Waals surface area contributed by atoms with Gasteiger partial charge in [0.2, 0.25) is 0 Å². The average Bonchev–Trinajstić information content (AvgIpc) is 2.60. The number of hydrogen-bond donors (Lipinski definition) is 2. The van der Waals surface area contributed by atoms with E-state index in [0.717, 1.165) is 5.56 Å². The molecule has 0 saturated heterocycles. The number of carbonyl (C=O) groups is 2. The van der Waals surface area contributed by atoms with Crippen LogP contribution in [0.4, 0.5) is 0 Å². The lowest BCUT2D eigenvalue weighted by atomic mass is 10.1. The molecule has 0 radical (unpaired) electrons. The number of carbonyl (C=O) groups excluding carboxylic acids is 1. The minimum atomic E-state index is -1.07. The molecule has 0 aliphatic carbocycles. The number of amides is 1. The van der Waals surface area contributed by atoms with Gasteiger partial charge in [0.15, 0.2) is 0 Å². The number of aromatic carboxylic acids is 1. The summed E-state index contributed by atoms with van der Waals surface area (Å²) in [4.78, 5) is 27.3. The average molecular weight is 344 g/mol. The Morgan fingerprint density at radius 2 is 1.92 bits per heavy atom. The minimum Gasteiger partial charge on any atom is -0.491 e. The monoisotopic (exact) mass is 344 g/mol. The van der Waals surface area contributed by atoms with Crippen molar-refractivity contribution in [3.63, 3.8) is 0 Å². The Labute approximate surface area is 145 Å². The van der Waals surface area contributed by atoms with Gasteiger partial charge in [-0.25, -0.2) is 9.78 Å². The first kappa shape index (κ1) is 18.4. The van der Waals surface area contributed by atoms with Crippen molar-refractivity contribution >= 4 is 11.9 Å². The van der Waals surface area contributed by atoms with Gasteiger partial charge < -0.3 is 19.9 Å². The van der Waals surface area contributed by atoms with E-state index in [1.54, 1.807) is 14.0 Å². The summed E-state index contributed by atoms with van der Waals surface area (Å²) in [5.41, 5.74) is 1.36. The molecular weight excluding hydrogens is 324 g/mol. The summed E-state index contributed by atoms with van der Waals surface area (Å²) in [7, 11) is 1.60. The van der Waals surface area contributed by atoms with Gasteiger partial charge in [-0.3, -0.25) is 4.79 Å². The standard InChI is InChI=1S/C18H20N2O5/c1-12-14(18(22)23)7-8-15(20-12)17(21)19-11-13-5-3-4-6-16(13)25-10-9-24-2/h3-8H,9-11H2,1-2H3,(H,19,21)(H,22,23). The maximum atomic E-state index is 12.2. The summed E-state index contributed by atoms with van der Waals surface area (Å²) in [6.07, 6.45) is 0. The van der Waals surface area contributed by atoms with Crippen LogP contribution in [0.2, 0.25) is 0 Å². The Kier molecular flexibility index (Phi) is 6.47. The number of hydrogen-bond acceptors (Lipinski definition) is 5. The van der Waals surface area contributed by atoms with Crippen molar-refractivity contribution in [3.8, 4) is 5.75 Å². The molecule has 0 saturated carbocycles. The highest BCUT2D eigenvalue weighted by Gasteiger charge is 2.13. The normalized spacial score (nSPS) is 10.3. The third-order valence-electron chi connectivity index (χ3n) is 3.51. The SMILES string of the molecule is COCCOc1ccccc1CNC(=O)c1ccc(C(=O)O)c(C)n1. The van der Waals surface area contributed by atoms with E-state index in [4.69, 9.17) is 14.6 Å². The molecule has 0 fully saturated rings. The number of para-hydroxylation sites is 1. The lowest BCUT2D eigenvalue weighted by molar-refractivity contribution is 0.0694. The fourth-order valence-corrected chi connectivity index (χ4v) is 2.21. The second-order valence-corrected chi connectivity index (χ2v) is 5.27. The Hall–Kier alpha value is -2.93. The molecule has 25 heavy (non-hydrogen) atoms. The van der Waals surface area contributed by atoms with Crippen molar-refractivity contribution in [3.05, 3.63) is 58.9 Å². The fraction of sp³-hybridized carbons (Fsp3) is 0.278. The van der Waals surface area contributed by atoms with Crippen LogP contribution < -0.4 is 10.1 Å². The zero-order valence-electron chi connectivity index (χ0n) is 14.1. The number of nitrogens with one attached hydrogen (secondary N) is 1. The summed E-state index contributed by atoms with van der Waals surface area (Å²) in [5, 5.41) is 11.8. The van der Waals surface area contributed by atoms with E-state index in [1.807, 2.05) is 24.3 Å². The van der Waals surface area contributed by atoms with Gasteiger partial charge in [-0.1, -0.05) is 18.2 Å². The predicted octanol–water partition coefficient (Wildman–Crippen LogP) is 2.04. The van der Waals surface area contributed by atoms with E-state index >= 15 is 0 Å². The first-order valence-electron chi connectivity index (χ1n) is 7.71. The molecule has 1 amide bonds. The number of aryl methyl sites for hydroxylation is 1. The lowest BCUT2D eigenvalue weighted by Gasteiger charge is -2.12. The molecule has 0 atom stereocenters. The van der Waals surface area contributed by atoms with Crippen LogP contribution in [0.15, 0.2) is 36.4 Å². The maximum Gasteiger partial charge on any atom is 0.337 e. The van der Waals surface area contributed by atoms with Crippen LogP contribution >= 0.6 is 0 Å². The minimum absolute atomic E-state index is 0.0773. The molecule has 0 spiro atoms. The van der Waals surface area contributed by atoms with Crippen molar-refractivity contribution < 1.29 is 24.2 Å². The quantitative estimate of drug-likeness (QED) is 0.711. The third kappa shape index (κ3) is 5.02. The highest BCUT2D eigenvalue weighted by molar-refractivity contribution is 5.94. The molecule has 2 N–H and O–H groups in total. The molecule has 1 aromatic heterocycles. The van der Waals surface area contributed by atoms with Crippen molar-refractivity contribution in [2.24, 2.45) is 0 Å². The summed E-state index contributed by atoms with van der Waals surface area (Å²) >= 11 is 0. The van der Waals surface area contributed by atoms with E-state index in [9.17, 15) is 9.59 Å². The summed E-state index contributed by atoms with van der Waals surface area (Å²) in [5.74, 6) is -0.781. The smallest absolute Gasteiger partial charge is 0.337 e. The van der Waals surface area contributed by atoms with Crippen LogP contribution in [0.5, 0.6) is 5.75 Å². The Morgan fingerprint density at radius 1 is 1.16 bits per heavy atom. The van der Waals surface area contributed by atoms with Crippen LogP contribution in [-0.2, 0) is 11.3 Å². The van der Waals surface area contributed by atoms with Gasteiger partial charge in [0, 0.05) is 19.2 Å². The zero-order chi connectivity index (χ0) is 18.2. The van der Waals surface area contributed by atoms with Crippen LogP contribution in [0.1, 0.15) is 32.1 Å². The molecule has 7 heteroatoms. The molecule has 1 aromatic carbocycles. The maximum absolute atomic E-state index is 12.2. The summed E-state index contributed by atoms with van der Waals surface area (Å²) in [6, 6.07) is 10.2. The molecular formula is C18H20N2O5. The van der Waals surface area contributed by atoms with Crippen molar-refractivity contribution in [1.29, 1.82) is 0 Å². The molecule has 2 rings (SSSR count). The van der Waals surface area contributed by atoms with Crippen LogP contribution in [0.3, 0.4) is 0 Å². The summed E-state index contributed by atoms with van der Waals surface area (Å²) in [6.45, 7) is 2.71. The van der Waals surface area contributed by atoms with E-state index in [2.05, 4.69) is 10.3 Å². The van der Waals surface area contributed by atoms with Gasteiger partial charge >= 0.3 is 5.97 Å². The van der Waals surface area contributed by atoms with Gasteiger partial charge in [0.05, 0.1) is 17.9 Å². The molecule has 0 aliphatic rings. The van der Waals surface area contributed by atoms with E-state index in [0.29, 0.717) is 24.7 Å². The number of aromatic nitrogens is 1. The number of carboxylic acid groups (broad SMARTS) is 1. The highest BCUT2D eigenvalue weighted by atomic mass is 16.5. The second kappa shape index (κ2) is 8.79. The van der Waals surface area contributed by atoms with Crippen LogP contribution in [0.25, 0.3) is 0 Å². The van der Waals surface area contributed by atoms with Crippen molar-refractivity contribution in [2.75, 3.05) is 20.3 Å². The van der Waals surface area contributed by atoms with E-state index < -0.39 is 5.97 Å². The topological polar surface area (TPSA) is 97.8 Å². The van der Waals surface area contributed by atoms with Crippen LogP contribution in [-0.4, -0.2) is 42.3 Å². The van der Waals surface area contributed by atoms with Crippen molar-refractivity contribution in [2.45, 2.75) is 13.5 Å². The molecule has 0 unspecified atom stereocenters. The molecule has 2 aromatic rings. The molecule has 0 bridgehead atoms. The third-order valence-corrected chi connectivity index (χ3v) is 3.51. The lowest BCUT2D eigenvalue weighted by Crippen LogP contribution is -2.24. The Bertz CT molecular complexity index is 761. The Morgan fingerprint density at radius 3 is 2.60 bits per heavy atom. The number of carboxylic acids is 1. The van der Waals surface area contributed by atoms with Gasteiger partial charge in [-0.05, 0) is 25.1 Å². The van der Waals surface area contributed by atoms with Gasteiger partial charge in [-0.2, -0.15) is 0 Å². The van der Waals surface area contributed by atoms with E-state index in [1.165, 1.54) is 12.1 Å². The van der Waals surface area contributed by atoms with Crippen LogP contribution in [0, 0.1) is 6.92 Å². The van der Waals surface area contributed by atoms with Gasteiger partial charge in [0.25, 0.3) is 5.91 Å². The first-order chi connectivity index (χ1) is 12.0. The largest absolute Gasteiger partial charge is 0.491 e. The molecule has 0 aliphatic heterocycles. The van der Waals surface area contributed by atoms with Gasteiger partial charge in [-0.15, -0.1) is 0 Å². The zero-order valence-corrected chi connectivity index (χ0v) is 14.1. The highest BCUT2D eigenvalue weighted by Crippen LogP contribution is 2.17. The van der Waals surface area contributed by atoms with Crippen molar-refractivity contribution in [1.82, 2.24) is 10.3 Å². The summed E-state index contributed by atoms with van der Waals surface area (Å²) < 4.78 is 10.6. The van der Waals surface area contributed by atoms with E-state index in [-0.39, 0.29) is 23.7 Å².